The predicted octanol–water partition coefficient (Wildman–Crippen LogP) is 1.72. The van der Waals surface area contributed by atoms with Crippen molar-refractivity contribution in [3.05, 3.63) is 21.6 Å². The van der Waals surface area contributed by atoms with Crippen LogP contribution in [-0.4, -0.2) is 40.9 Å². The second-order valence-corrected chi connectivity index (χ2v) is 5.36. The van der Waals surface area contributed by atoms with Crippen LogP contribution in [0.2, 0.25) is 5.02 Å². The molecule has 106 valence electrons. The average molecular weight is 285 g/mol. The summed E-state index contributed by atoms with van der Waals surface area (Å²) in [6.45, 7) is 4.11. The van der Waals surface area contributed by atoms with Gasteiger partial charge in [0.25, 0.3) is 5.56 Å². The van der Waals surface area contributed by atoms with E-state index in [1.807, 2.05) is 0 Å². The van der Waals surface area contributed by atoms with Crippen molar-refractivity contribution in [3.63, 3.8) is 0 Å². The van der Waals surface area contributed by atoms with Crippen molar-refractivity contribution in [2.24, 2.45) is 7.05 Å². The third-order valence-corrected chi connectivity index (χ3v) is 3.89. The Labute approximate surface area is 118 Å². The summed E-state index contributed by atoms with van der Waals surface area (Å²) in [5.41, 5.74) is 0.362. The highest BCUT2D eigenvalue weighted by Crippen LogP contribution is 2.15. The van der Waals surface area contributed by atoms with Gasteiger partial charge in [0.15, 0.2) is 0 Å². The molecule has 1 aliphatic rings. The van der Waals surface area contributed by atoms with Gasteiger partial charge in [0.1, 0.15) is 5.02 Å². The Kier molecular flexibility index (Phi) is 5.22. The molecule has 0 aromatic carbocycles. The third kappa shape index (κ3) is 3.94. The summed E-state index contributed by atoms with van der Waals surface area (Å²) in [5, 5.41) is 7.38. The first-order valence-electron chi connectivity index (χ1n) is 6.86. The van der Waals surface area contributed by atoms with Crippen molar-refractivity contribution in [1.29, 1.82) is 0 Å². The minimum absolute atomic E-state index is 0.216. The zero-order valence-electron chi connectivity index (χ0n) is 11.4. The molecule has 1 fully saturated rings. The molecule has 5 nitrogen and oxygen atoms in total. The van der Waals surface area contributed by atoms with E-state index in [0.29, 0.717) is 5.69 Å². The van der Waals surface area contributed by atoms with Gasteiger partial charge in [-0.05, 0) is 25.9 Å². The molecule has 19 heavy (non-hydrogen) atoms. The zero-order chi connectivity index (χ0) is 13.7. The lowest BCUT2D eigenvalue weighted by atomic mass is 10.2. The van der Waals surface area contributed by atoms with E-state index in [4.69, 9.17) is 11.6 Å². The fourth-order valence-corrected chi connectivity index (χ4v) is 2.58. The predicted molar refractivity (Wildman–Crippen MR) is 77.9 cm³/mol. The fraction of sp³-hybridized carbons (Fsp3) is 0.692. The zero-order valence-corrected chi connectivity index (χ0v) is 12.1. The molecule has 2 heterocycles. The normalized spacial score (nSPS) is 17.2. The van der Waals surface area contributed by atoms with Crippen LogP contribution >= 0.6 is 11.6 Å². The maximum Gasteiger partial charge on any atom is 0.287 e. The van der Waals surface area contributed by atoms with E-state index in [-0.39, 0.29) is 10.6 Å². The van der Waals surface area contributed by atoms with Gasteiger partial charge in [0, 0.05) is 20.1 Å². The quantitative estimate of drug-likeness (QED) is 0.915. The number of aryl methyl sites for hydroxylation is 1. The smallest absolute Gasteiger partial charge is 0.287 e. The first kappa shape index (κ1) is 14.3. The Morgan fingerprint density at radius 2 is 2.00 bits per heavy atom. The van der Waals surface area contributed by atoms with E-state index >= 15 is 0 Å². The van der Waals surface area contributed by atoms with Crippen LogP contribution in [0.3, 0.4) is 0 Å². The molecule has 1 aromatic rings. The molecule has 2 rings (SSSR count). The van der Waals surface area contributed by atoms with E-state index in [0.717, 1.165) is 13.1 Å². The van der Waals surface area contributed by atoms with Crippen LogP contribution in [0.4, 0.5) is 5.69 Å². The van der Waals surface area contributed by atoms with Gasteiger partial charge in [-0.15, -0.1) is 0 Å². The lowest BCUT2D eigenvalue weighted by Gasteiger charge is -2.20. The van der Waals surface area contributed by atoms with Gasteiger partial charge in [-0.2, -0.15) is 5.10 Å². The number of nitrogens with one attached hydrogen (secondary N) is 1. The summed E-state index contributed by atoms with van der Waals surface area (Å²) in [6, 6.07) is 0. The maximum atomic E-state index is 11.6. The highest BCUT2D eigenvalue weighted by atomic mass is 35.5. The van der Waals surface area contributed by atoms with Gasteiger partial charge in [0.2, 0.25) is 0 Å². The van der Waals surface area contributed by atoms with E-state index in [1.54, 1.807) is 13.2 Å². The third-order valence-electron chi connectivity index (χ3n) is 3.52. The Bertz CT molecular complexity index is 466. The Balaban J connectivity index is 1.85. The van der Waals surface area contributed by atoms with Crippen LogP contribution in [0.15, 0.2) is 11.0 Å². The summed E-state index contributed by atoms with van der Waals surface area (Å²) in [4.78, 5) is 14.1. The molecule has 1 aromatic heterocycles. The molecule has 1 N–H and O–H groups in total. The summed E-state index contributed by atoms with van der Waals surface area (Å²) in [5.74, 6) is 0. The molecular weight excluding hydrogens is 264 g/mol. The molecule has 0 spiro atoms. The molecule has 0 saturated carbocycles. The highest BCUT2D eigenvalue weighted by Gasteiger charge is 2.10. The van der Waals surface area contributed by atoms with Crippen molar-refractivity contribution in [3.8, 4) is 0 Å². The standard InChI is InChI=1S/C13H21ClN4O/c1-17-13(19)12(14)11(10-16-17)15-6-9-18-7-4-2-3-5-8-18/h10,15H,2-9H2,1H3. The summed E-state index contributed by atoms with van der Waals surface area (Å²) < 4.78 is 1.24. The molecule has 0 radical (unpaired) electrons. The van der Waals surface area contributed by atoms with E-state index in [2.05, 4.69) is 15.3 Å². The molecule has 0 bridgehead atoms. The van der Waals surface area contributed by atoms with Gasteiger partial charge in [-0.25, -0.2) is 4.68 Å². The van der Waals surface area contributed by atoms with E-state index in [1.165, 1.54) is 43.5 Å². The molecule has 1 saturated heterocycles. The van der Waals surface area contributed by atoms with E-state index in [9.17, 15) is 4.79 Å². The lowest BCUT2D eigenvalue weighted by Crippen LogP contribution is -2.30. The van der Waals surface area contributed by atoms with Gasteiger partial charge in [-0.1, -0.05) is 24.4 Å². The first-order valence-corrected chi connectivity index (χ1v) is 7.24. The number of anilines is 1. The van der Waals surface area contributed by atoms with Gasteiger partial charge >= 0.3 is 0 Å². The van der Waals surface area contributed by atoms with Crippen molar-refractivity contribution < 1.29 is 0 Å². The number of likely N-dealkylation sites (tertiary alicyclic amines) is 1. The van der Waals surface area contributed by atoms with Crippen molar-refractivity contribution in [1.82, 2.24) is 14.7 Å². The molecule has 0 aliphatic carbocycles. The highest BCUT2D eigenvalue weighted by molar-refractivity contribution is 6.32. The van der Waals surface area contributed by atoms with Gasteiger partial charge in [-0.3, -0.25) is 4.79 Å². The van der Waals surface area contributed by atoms with E-state index < -0.39 is 0 Å². The number of nitrogens with zero attached hydrogens (tertiary/aromatic N) is 3. The minimum atomic E-state index is -0.263. The average Bonchev–Trinajstić information content (AvgIpc) is 2.67. The van der Waals surface area contributed by atoms with Gasteiger partial charge < -0.3 is 10.2 Å². The number of hydrogen-bond donors (Lipinski definition) is 1. The summed E-state index contributed by atoms with van der Waals surface area (Å²) in [6.07, 6.45) is 6.86. The number of hydrogen-bond acceptors (Lipinski definition) is 4. The molecule has 0 unspecified atom stereocenters. The number of aromatic nitrogens is 2. The molecule has 0 amide bonds. The van der Waals surface area contributed by atoms with Crippen LogP contribution in [-0.2, 0) is 7.05 Å². The SMILES string of the molecule is Cn1ncc(NCCN2CCCCCC2)c(Cl)c1=O. The van der Waals surface area contributed by atoms with Crippen LogP contribution in [0, 0.1) is 0 Å². The Morgan fingerprint density at radius 1 is 1.32 bits per heavy atom. The monoisotopic (exact) mass is 284 g/mol. The Morgan fingerprint density at radius 3 is 2.68 bits per heavy atom. The molecular formula is C13H21ClN4O. The van der Waals surface area contributed by atoms with Crippen LogP contribution in [0.1, 0.15) is 25.7 Å². The van der Waals surface area contributed by atoms with Crippen LogP contribution in [0.25, 0.3) is 0 Å². The fourth-order valence-electron chi connectivity index (χ4n) is 2.34. The first-order chi connectivity index (χ1) is 9.18. The number of halogens is 1. The second kappa shape index (κ2) is 6.91. The second-order valence-electron chi connectivity index (χ2n) is 4.98. The molecule has 0 atom stereocenters. The van der Waals surface area contributed by atoms with Crippen LogP contribution < -0.4 is 10.9 Å². The van der Waals surface area contributed by atoms with Gasteiger partial charge in [0.05, 0.1) is 11.9 Å². The Hall–Kier alpha value is -1.07. The maximum absolute atomic E-state index is 11.6. The lowest BCUT2D eigenvalue weighted by molar-refractivity contribution is 0.296. The summed E-state index contributed by atoms with van der Waals surface area (Å²) >= 11 is 6.00. The largest absolute Gasteiger partial charge is 0.381 e. The van der Waals surface area contributed by atoms with Crippen molar-refractivity contribution in [2.75, 3.05) is 31.5 Å². The van der Waals surface area contributed by atoms with Crippen molar-refractivity contribution >= 4 is 17.3 Å². The topological polar surface area (TPSA) is 50.2 Å². The molecule has 6 heteroatoms. The summed E-state index contributed by atoms with van der Waals surface area (Å²) in [7, 11) is 1.59. The van der Waals surface area contributed by atoms with Crippen LogP contribution in [0.5, 0.6) is 0 Å². The minimum Gasteiger partial charge on any atom is -0.381 e. The van der Waals surface area contributed by atoms with Crippen molar-refractivity contribution in [2.45, 2.75) is 25.7 Å². The number of rotatable bonds is 4. The molecule has 1 aliphatic heterocycles.